The van der Waals surface area contributed by atoms with Crippen LogP contribution in [-0.4, -0.2) is 5.11 Å². The summed E-state index contributed by atoms with van der Waals surface area (Å²) in [5.74, 6) is 0. The van der Waals surface area contributed by atoms with Gasteiger partial charge in [0.25, 0.3) is 0 Å². The standard InChI is InChI=1S/C8H10O/c1-7(9)8-5-3-2-4-6-8/h2-7,9H,1H3/t7-/m0/s1/i7+2. The molecule has 0 saturated heterocycles. The predicted octanol–water partition coefficient (Wildman–Crippen LogP) is 1.74. The largest absolute Gasteiger partial charge is 0.389 e. The summed E-state index contributed by atoms with van der Waals surface area (Å²) < 4.78 is 0. The van der Waals surface area contributed by atoms with Gasteiger partial charge in [0.15, 0.2) is 0 Å². The third kappa shape index (κ3) is 1.54. The highest BCUT2D eigenvalue weighted by Gasteiger charge is 1.95. The SMILES string of the molecule is C[14C@H](O)c1ccccc1. The summed E-state index contributed by atoms with van der Waals surface area (Å²) in [6.07, 6.45) is -0.341. The number of hydrogen-bond donors (Lipinski definition) is 1. The van der Waals surface area contributed by atoms with Crippen molar-refractivity contribution in [1.82, 2.24) is 0 Å². The Balaban J connectivity index is 2.85. The molecule has 0 amide bonds. The Morgan fingerprint density at radius 3 is 2.11 bits per heavy atom. The summed E-state index contributed by atoms with van der Waals surface area (Å²) in [4.78, 5) is 0. The van der Waals surface area contributed by atoms with Crippen LogP contribution in [0.3, 0.4) is 0 Å². The molecular weight excluding hydrogens is 114 g/mol. The topological polar surface area (TPSA) is 20.2 Å². The van der Waals surface area contributed by atoms with Gasteiger partial charge in [-0.05, 0) is 12.5 Å². The monoisotopic (exact) mass is 124 g/mol. The minimum atomic E-state index is -0.341. The highest BCUT2D eigenvalue weighted by molar-refractivity contribution is 5.16. The first-order valence-corrected chi connectivity index (χ1v) is 3.03. The second kappa shape index (κ2) is 2.65. The zero-order chi connectivity index (χ0) is 6.69. The Hall–Kier alpha value is -0.820. The molecule has 0 aromatic heterocycles. The maximum absolute atomic E-state index is 9.02. The van der Waals surface area contributed by atoms with Gasteiger partial charge in [0, 0.05) is 0 Å². The van der Waals surface area contributed by atoms with Crippen molar-refractivity contribution in [2.75, 3.05) is 0 Å². The number of hydrogen-bond acceptors (Lipinski definition) is 1. The number of rotatable bonds is 1. The fraction of sp³-hybridized carbons (Fsp3) is 0.250. The maximum Gasteiger partial charge on any atom is 0.0761 e. The van der Waals surface area contributed by atoms with Crippen molar-refractivity contribution < 1.29 is 5.11 Å². The summed E-state index contributed by atoms with van der Waals surface area (Å²) in [6.45, 7) is 1.76. The Morgan fingerprint density at radius 1 is 1.22 bits per heavy atom. The van der Waals surface area contributed by atoms with Gasteiger partial charge in [-0.2, -0.15) is 0 Å². The van der Waals surface area contributed by atoms with Crippen molar-refractivity contribution in [3.8, 4) is 0 Å². The molecule has 0 spiro atoms. The fourth-order valence-electron chi connectivity index (χ4n) is 0.732. The van der Waals surface area contributed by atoms with Crippen LogP contribution in [0.25, 0.3) is 0 Å². The molecule has 0 saturated carbocycles. The van der Waals surface area contributed by atoms with E-state index in [9.17, 15) is 0 Å². The van der Waals surface area contributed by atoms with E-state index >= 15 is 0 Å². The van der Waals surface area contributed by atoms with E-state index in [-0.39, 0.29) is 6.10 Å². The van der Waals surface area contributed by atoms with Crippen LogP contribution in [0, 0.1) is 0 Å². The van der Waals surface area contributed by atoms with Gasteiger partial charge in [-0.15, -0.1) is 0 Å². The smallest absolute Gasteiger partial charge is 0.0761 e. The minimum Gasteiger partial charge on any atom is -0.389 e. The summed E-state index contributed by atoms with van der Waals surface area (Å²) in [6, 6.07) is 9.59. The minimum absolute atomic E-state index is 0.341. The molecule has 48 valence electrons. The maximum atomic E-state index is 9.02. The van der Waals surface area contributed by atoms with Gasteiger partial charge in [0.2, 0.25) is 0 Å². The van der Waals surface area contributed by atoms with E-state index < -0.39 is 0 Å². The van der Waals surface area contributed by atoms with Gasteiger partial charge in [0.05, 0.1) is 6.10 Å². The molecule has 9 heavy (non-hydrogen) atoms. The van der Waals surface area contributed by atoms with Crippen LogP contribution < -0.4 is 0 Å². The van der Waals surface area contributed by atoms with Crippen LogP contribution in [0.2, 0.25) is 0 Å². The van der Waals surface area contributed by atoms with Gasteiger partial charge in [-0.3, -0.25) is 0 Å². The van der Waals surface area contributed by atoms with E-state index in [0.717, 1.165) is 5.56 Å². The van der Waals surface area contributed by atoms with Gasteiger partial charge in [0.1, 0.15) is 0 Å². The van der Waals surface area contributed by atoms with E-state index in [0.29, 0.717) is 0 Å². The highest BCUT2D eigenvalue weighted by atomic mass is 16.5. The molecule has 1 aromatic carbocycles. The first kappa shape index (κ1) is 6.30. The van der Waals surface area contributed by atoms with Gasteiger partial charge in [-0.25, -0.2) is 0 Å². The molecule has 1 nitrogen and oxygen atoms in total. The van der Waals surface area contributed by atoms with Crippen molar-refractivity contribution in [1.29, 1.82) is 0 Å². The third-order valence-electron chi connectivity index (χ3n) is 1.28. The zero-order valence-corrected chi connectivity index (χ0v) is 5.41. The Kier molecular flexibility index (Phi) is 1.85. The molecule has 1 atom stereocenters. The van der Waals surface area contributed by atoms with E-state index in [4.69, 9.17) is 5.11 Å². The van der Waals surface area contributed by atoms with E-state index in [2.05, 4.69) is 0 Å². The summed E-state index contributed by atoms with van der Waals surface area (Å²) in [7, 11) is 0. The summed E-state index contributed by atoms with van der Waals surface area (Å²) >= 11 is 0. The normalized spacial score (nSPS) is 13.1. The lowest BCUT2D eigenvalue weighted by Gasteiger charge is -2.00. The van der Waals surface area contributed by atoms with E-state index in [1.165, 1.54) is 0 Å². The molecule has 0 heterocycles. The molecule has 0 radical (unpaired) electrons. The molecule has 0 aliphatic carbocycles. The lowest BCUT2D eigenvalue weighted by atomic mass is 10.3. The number of aliphatic hydroxyl groups is 1. The van der Waals surface area contributed by atoms with E-state index in [1.54, 1.807) is 6.92 Å². The average Bonchev–Trinajstić information content (AvgIpc) is 1.90. The van der Waals surface area contributed by atoms with Crippen LogP contribution in [0.1, 0.15) is 18.6 Å². The molecule has 1 heteroatoms. The second-order valence-corrected chi connectivity index (χ2v) is 2.09. The molecule has 0 fully saturated rings. The number of benzene rings is 1. The van der Waals surface area contributed by atoms with E-state index in [1.807, 2.05) is 30.3 Å². The fourth-order valence-corrected chi connectivity index (χ4v) is 0.732. The van der Waals surface area contributed by atoms with Crippen LogP contribution in [0.5, 0.6) is 0 Å². The second-order valence-electron chi connectivity index (χ2n) is 2.09. The molecule has 0 aliphatic heterocycles. The van der Waals surface area contributed by atoms with Crippen LogP contribution in [0.15, 0.2) is 30.3 Å². The van der Waals surface area contributed by atoms with Crippen LogP contribution in [0.4, 0.5) is 0 Å². The van der Waals surface area contributed by atoms with Crippen molar-refractivity contribution in [2.45, 2.75) is 13.0 Å². The molecule has 1 N–H and O–H groups in total. The van der Waals surface area contributed by atoms with Crippen molar-refractivity contribution >= 4 is 0 Å². The lowest BCUT2D eigenvalue weighted by Crippen LogP contribution is -1.87. The summed E-state index contributed by atoms with van der Waals surface area (Å²) in [5.41, 5.74) is 0.970. The average molecular weight is 124 g/mol. The van der Waals surface area contributed by atoms with Gasteiger partial charge >= 0.3 is 0 Å². The van der Waals surface area contributed by atoms with Crippen molar-refractivity contribution in [3.05, 3.63) is 35.9 Å². The Bertz CT molecular complexity index is 167. The highest BCUT2D eigenvalue weighted by Crippen LogP contribution is 2.08. The molecule has 1 aromatic rings. The lowest BCUT2D eigenvalue weighted by molar-refractivity contribution is 0.199. The van der Waals surface area contributed by atoms with Crippen LogP contribution >= 0.6 is 0 Å². The summed E-state index contributed by atoms with van der Waals surface area (Å²) in [5, 5.41) is 9.02. The molecular formula is C8H10O. The molecule has 0 aliphatic rings. The first-order chi connectivity index (χ1) is 4.30. The first-order valence-electron chi connectivity index (χ1n) is 3.03. The van der Waals surface area contributed by atoms with Gasteiger partial charge < -0.3 is 5.11 Å². The Morgan fingerprint density at radius 2 is 1.78 bits per heavy atom. The molecule has 0 unspecified atom stereocenters. The number of aliphatic hydroxyl groups excluding tert-OH is 1. The molecule has 1 rings (SSSR count). The van der Waals surface area contributed by atoms with Crippen LogP contribution in [-0.2, 0) is 0 Å². The molecule has 0 bridgehead atoms. The zero-order valence-electron chi connectivity index (χ0n) is 5.41. The predicted molar refractivity (Wildman–Crippen MR) is 37.1 cm³/mol. The third-order valence-corrected chi connectivity index (χ3v) is 1.28. The Labute approximate surface area is 55.0 Å². The van der Waals surface area contributed by atoms with Crippen molar-refractivity contribution in [3.63, 3.8) is 0 Å². The quantitative estimate of drug-likeness (QED) is 0.604. The van der Waals surface area contributed by atoms with Crippen molar-refractivity contribution in [2.24, 2.45) is 0 Å². The van der Waals surface area contributed by atoms with Gasteiger partial charge in [-0.1, -0.05) is 30.3 Å².